The third-order valence-corrected chi connectivity index (χ3v) is 2.19. The quantitative estimate of drug-likeness (QED) is 0.632. The van der Waals surface area contributed by atoms with Crippen molar-refractivity contribution in [1.82, 2.24) is 0 Å². The largest absolute Gasteiger partial charge is 0.207 e. The summed E-state index contributed by atoms with van der Waals surface area (Å²) in [5, 5.41) is 0. The fourth-order valence-electron chi connectivity index (χ4n) is 0.665. The maximum absolute atomic E-state index is 12.6. The molecule has 0 spiro atoms. The monoisotopic (exact) mass is 176 g/mol. The Balaban J connectivity index is 3.04. The molecule has 0 heterocycles. The van der Waals surface area contributed by atoms with Crippen LogP contribution in [0.25, 0.3) is 0 Å². The second-order valence-electron chi connectivity index (χ2n) is 1.99. The van der Waals surface area contributed by atoms with Crippen LogP contribution in [0.4, 0.5) is 4.39 Å². The number of hydrogen-bond donors (Lipinski definition) is 0. The lowest BCUT2D eigenvalue weighted by Crippen LogP contribution is -1.79. The van der Waals surface area contributed by atoms with E-state index >= 15 is 0 Å². The number of benzene rings is 1. The van der Waals surface area contributed by atoms with Gasteiger partial charge >= 0.3 is 0 Å². The summed E-state index contributed by atoms with van der Waals surface area (Å²) in [4.78, 5) is 0.876. The smallest absolute Gasteiger partial charge is 0.126 e. The van der Waals surface area contributed by atoms with Crippen molar-refractivity contribution in [2.24, 2.45) is 0 Å². The molecule has 0 radical (unpaired) electrons. The zero-order chi connectivity index (χ0) is 7.56. The van der Waals surface area contributed by atoms with Crippen LogP contribution >= 0.6 is 21.7 Å². The molecule has 0 aromatic heterocycles. The van der Waals surface area contributed by atoms with E-state index in [0.29, 0.717) is 5.56 Å². The van der Waals surface area contributed by atoms with Gasteiger partial charge in [0, 0.05) is 4.90 Å². The third kappa shape index (κ3) is 1.64. The van der Waals surface area contributed by atoms with Crippen molar-refractivity contribution < 1.29 is 4.39 Å². The summed E-state index contributed by atoms with van der Waals surface area (Å²) in [6.07, 6.45) is 0. The van der Waals surface area contributed by atoms with E-state index in [4.69, 9.17) is 10.7 Å². The van der Waals surface area contributed by atoms with Crippen molar-refractivity contribution in [2.45, 2.75) is 11.8 Å². The van der Waals surface area contributed by atoms with Crippen molar-refractivity contribution in [3.05, 3.63) is 29.6 Å². The Morgan fingerprint density at radius 2 is 2.20 bits per heavy atom. The molecule has 1 aromatic carbocycles. The first kappa shape index (κ1) is 7.89. The minimum Gasteiger partial charge on any atom is -0.207 e. The normalized spacial score (nSPS) is 9.90. The molecule has 0 amide bonds. The van der Waals surface area contributed by atoms with Crippen molar-refractivity contribution in [2.75, 3.05) is 0 Å². The molecular formula is C7H6ClFS. The molecule has 3 heteroatoms. The lowest BCUT2D eigenvalue weighted by molar-refractivity contribution is 0.617. The van der Waals surface area contributed by atoms with Gasteiger partial charge in [0.25, 0.3) is 0 Å². The van der Waals surface area contributed by atoms with E-state index in [9.17, 15) is 4.39 Å². The van der Waals surface area contributed by atoms with Crippen LogP contribution in [0, 0.1) is 12.7 Å². The minimum atomic E-state index is -0.186. The van der Waals surface area contributed by atoms with E-state index in [-0.39, 0.29) is 5.82 Å². The Morgan fingerprint density at radius 3 is 2.70 bits per heavy atom. The van der Waals surface area contributed by atoms with Gasteiger partial charge in [-0.1, -0.05) is 0 Å². The molecule has 0 N–H and O–H groups in total. The first-order valence-corrected chi connectivity index (χ1v) is 4.43. The molecular weight excluding hydrogens is 171 g/mol. The van der Waals surface area contributed by atoms with Gasteiger partial charge in [0.1, 0.15) is 5.82 Å². The summed E-state index contributed by atoms with van der Waals surface area (Å²) in [6, 6.07) is 4.78. The molecule has 0 aliphatic rings. The lowest BCUT2D eigenvalue weighted by atomic mass is 10.2. The molecule has 0 unspecified atom stereocenters. The SMILES string of the molecule is Cc1cc(SCl)ccc1F. The van der Waals surface area contributed by atoms with Crippen LogP contribution in [0.5, 0.6) is 0 Å². The number of hydrogen-bond acceptors (Lipinski definition) is 1. The van der Waals surface area contributed by atoms with Gasteiger partial charge in [0.05, 0.1) is 0 Å². The second-order valence-corrected chi connectivity index (χ2v) is 3.08. The van der Waals surface area contributed by atoms with Crippen molar-refractivity contribution in [1.29, 1.82) is 0 Å². The van der Waals surface area contributed by atoms with E-state index in [1.807, 2.05) is 0 Å². The van der Waals surface area contributed by atoms with Crippen molar-refractivity contribution >= 4 is 21.7 Å². The highest BCUT2D eigenvalue weighted by Gasteiger charge is 1.96. The van der Waals surface area contributed by atoms with Gasteiger partial charge in [-0.05, 0) is 52.3 Å². The van der Waals surface area contributed by atoms with Gasteiger partial charge in [0.2, 0.25) is 0 Å². The van der Waals surface area contributed by atoms with E-state index in [1.165, 1.54) is 6.07 Å². The molecule has 0 saturated heterocycles. The van der Waals surface area contributed by atoms with Gasteiger partial charge in [-0.2, -0.15) is 0 Å². The molecule has 54 valence electrons. The highest BCUT2D eigenvalue weighted by Crippen LogP contribution is 2.23. The molecule has 0 nitrogen and oxygen atoms in total. The zero-order valence-corrected chi connectivity index (χ0v) is 6.97. The van der Waals surface area contributed by atoms with Gasteiger partial charge in [-0.25, -0.2) is 4.39 Å². The predicted molar refractivity (Wildman–Crippen MR) is 42.8 cm³/mol. The summed E-state index contributed by atoms with van der Waals surface area (Å²) < 4.78 is 12.6. The maximum Gasteiger partial charge on any atom is 0.126 e. The summed E-state index contributed by atoms with van der Waals surface area (Å²) in [6.45, 7) is 1.71. The van der Waals surface area contributed by atoms with E-state index < -0.39 is 0 Å². The Bertz CT molecular complexity index is 237. The third-order valence-electron chi connectivity index (χ3n) is 1.22. The molecule has 0 aliphatic heterocycles. The number of rotatable bonds is 1. The molecule has 0 aliphatic carbocycles. The first-order chi connectivity index (χ1) is 4.74. The molecule has 0 atom stereocenters. The maximum atomic E-state index is 12.6. The number of halogens is 2. The van der Waals surface area contributed by atoms with Crippen molar-refractivity contribution in [3.8, 4) is 0 Å². The summed E-state index contributed by atoms with van der Waals surface area (Å²) in [5.74, 6) is -0.186. The Labute approximate surface area is 67.9 Å². The highest BCUT2D eigenvalue weighted by atomic mass is 35.7. The van der Waals surface area contributed by atoms with Crippen LogP contribution in [0.15, 0.2) is 23.1 Å². The molecule has 0 bridgehead atoms. The first-order valence-electron chi connectivity index (χ1n) is 2.79. The van der Waals surface area contributed by atoms with Crippen LogP contribution < -0.4 is 0 Å². The molecule has 0 fully saturated rings. The summed E-state index contributed by atoms with van der Waals surface area (Å²) >= 11 is 0. The topological polar surface area (TPSA) is 0 Å². The van der Waals surface area contributed by atoms with Crippen LogP contribution in [0.1, 0.15) is 5.56 Å². The van der Waals surface area contributed by atoms with Crippen LogP contribution in [0.3, 0.4) is 0 Å². The summed E-state index contributed by atoms with van der Waals surface area (Å²) in [7, 11) is 6.54. The number of aryl methyl sites for hydroxylation is 1. The van der Waals surface area contributed by atoms with Gasteiger partial charge in [-0.15, -0.1) is 0 Å². The van der Waals surface area contributed by atoms with Gasteiger partial charge < -0.3 is 0 Å². The molecule has 0 saturated carbocycles. The Hall–Kier alpha value is -0.210. The predicted octanol–water partition coefficient (Wildman–Crippen LogP) is 3.38. The zero-order valence-electron chi connectivity index (χ0n) is 5.40. The fraction of sp³-hybridized carbons (Fsp3) is 0.143. The second kappa shape index (κ2) is 3.26. The van der Waals surface area contributed by atoms with Gasteiger partial charge in [0.15, 0.2) is 0 Å². The molecule has 10 heavy (non-hydrogen) atoms. The van der Waals surface area contributed by atoms with Crippen LogP contribution in [-0.4, -0.2) is 0 Å². The molecule has 1 rings (SSSR count). The Kier molecular flexibility index (Phi) is 2.57. The van der Waals surface area contributed by atoms with Crippen LogP contribution in [0.2, 0.25) is 0 Å². The summed E-state index contributed by atoms with van der Waals surface area (Å²) in [5.41, 5.74) is 0.630. The lowest BCUT2D eigenvalue weighted by Gasteiger charge is -1.96. The standard InChI is InChI=1S/C7H6ClFS/c1-5-4-6(10-8)2-3-7(5)9/h2-4H,1H3. The Morgan fingerprint density at radius 1 is 1.50 bits per heavy atom. The average molecular weight is 177 g/mol. The fourth-order valence-corrected chi connectivity index (χ4v) is 1.29. The van der Waals surface area contributed by atoms with Crippen LogP contribution in [-0.2, 0) is 0 Å². The minimum absolute atomic E-state index is 0.186. The van der Waals surface area contributed by atoms with Crippen molar-refractivity contribution in [3.63, 3.8) is 0 Å². The average Bonchev–Trinajstić information content (AvgIpc) is 1.95. The van der Waals surface area contributed by atoms with E-state index in [0.717, 1.165) is 15.9 Å². The van der Waals surface area contributed by atoms with E-state index in [1.54, 1.807) is 19.1 Å². The highest BCUT2D eigenvalue weighted by molar-refractivity contribution is 8.21. The molecule has 1 aromatic rings. The van der Waals surface area contributed by atoms with Gasteiger partial charge in [-0.3, -0.25) is 0 Å². The van der Waals surface area contributed by atoms with E-state index in [2.05, 4.69) is 0 Å².